The molecule has 0 amide bonds. The summed E-state index contributed by atoms with van der Waals surface area (Å²) < 4.78 is 5.34. The van der Waals surface area contributed by atoms with Gasteiger partial charge in [0.2, 0.25) is 0 Å². The van der Waals surface area contributed by atoms with Crippen LogP contribution in [0.15, 0.2) is 23.1 Å². The number of rotatable bonds is 6. The second kappa shape index (κ2) is 6.89. The lowest BCUT2D eigenvalue weighted by Crippen LogP contribution is -2.09. The molecule has 0 saturated carbocycles. The maximum absolute atomic E-state index is 9.03. The fourth-order valence-electron chi connectivity index (χ4n) is 1.56. The molecule has 3 N–H and O–H groups in total. The first kappa shape index (κ1) is 14.4. The molecule has 0 fully saturated rings. The quantitative estimate of drug-likeness (QED) is 0.767. The number of aliphatic hydroxyl groups is 1. The van der Waals surface area contributed by atoms with Crippen molar-refractivity contribution in [3.8, 4) is 5.75 Å². The molecule has 2 atom stereocenters. The Labute approximate surface area is 107 Å². The smallest absolute Gasteiger partial charge is 0.124 e. The van der Waals surface area contributed by atoms with Gasteiger partial charge in [-0.2, -0.15) is 0 Å². The molecule has 0 heterocycles. The standard InChI is InChI=1S/C13H21NO2S/c1-9(7-15)8-17-12-6-4-5-11(16-3)13(12)10(2)14/h4-6,9-10,15H,7-8,14H2,1-3H3. The number of nitrogens with two attached hydrogens (primary N) is 1. The van der Waals surface area contributed by atoms with Gasteiger partial charge in [-0.05, 0) is 25.0 Å². The van der Waals surface area contributed by atoms with Crippen molar-refractivity contribution in [1.29, 1.82) is 0 Å². The third-order valence-electron chi connectivity index (χ3n) is 2.54. The summed E-state index contributed by atoms with van der Waals surface area (Å²) in [6.45, 7) is 4.20. The van der Waals surface area contributed by atoms with E-state index in [0.717, 1.165) is 22.0 Å². The van der Waals surface area contributed by atoms with Gasteiger partial charge in [-0.25, -0.2) is 0 Å². The zero-order valence-electron chi connectivity index (χ0n) is 10.6. The van der Waals surface area contributed by atoms with Gasteiger partial charge in [0.05, 0.1) is 7.11 Å². The van der Waals surface area contributed by atoms with Crippen LogP contribution in [0.1, 0.15) is 25.5 Å². The normalized spacial score (nSPS) is 14.4. The Bertz CT molecular complexity index is 355. The van der Waals surface area contributed by atoms with Crippen molar-refractivity contribution in [3.05, 3.63) is 23.8 Å². The molecule has 1 aromatic rings. The summed E-state index contributed by atoms with van der Waals surface area (Å²) in [5.74, 6) is 2.00. The summed E-state index contributed by atoms with van der Waals surface area (Å²) >= 11 is 1.72. The number of hydrogen-bond donors (Lipinski definition) is 2. The predicted molar refractivity (Wildman–Crippen MR) is 72.6 cm³/mol. The van der Waals surface area contributed by atoms with Crippen molar-refractivity contribution in [3.63, 3.8) is 0 Å². The maximum Gasteiger partial charge on any atom is 0.124 e. The van der Waals surface area contributed by atoms with Crippen LogP contribution in [-0.4, -0.2) is 24.6 Å². The Morgan fingerprint density at radius 3 is 2.65 bits per heavy atom. The fourth-order valence-corrected chi connectivity index (χ4v) is 2.75. The molecule has 0 aliphatic rings. The molecule has 0 aliphatic carbocycles. The van der Waals surface area contributed by atoms with E-state index in [1.807, 2.05) is 26.0 Å². The fraction of sp³-hybridized carbons (Fsp3) is 0.538. The van der Waals surface area contributed by atoms with Gasteiger partial charge in [0.15, 0.2) is 0 Å². The van der Waals surface area contributed by atoms with Crippen LogP contribution in [0, 0.1) is 5.92 Å². The van der Waals surface area contributed by atoms with Crippen LogP contribution in [0.3, 0.4) is 0 Å². The summed E-state index contributed by atoms with van der Waals surface area (Å²) in [7, 11) is 1.66. The van der Waals surface area contributed by atoms with Gasteiger partial charge in [0.25, 0.3) is 0 Å². The van der Waals surface area contributed by atoms with Crippen LogP contribution in [-0.2, 0) is 0 Å². The average Bonchev–Trinajstić information content (AvgIpc) is 2.34. The summed E-state index contributed by atoms with van der Waals surface area (Å²) in [5, 5.41) is 9.03. The zero-order valence-corrected chi connectivity index (χ0v) is 11.5. The zero-order chi connectivity index (χ0) is 12.8. The van der Waals surface area contributed by atoms with Crippen molar-refractivity contribution >= 4 is 11.8 Å². The van der Waals surface area contributed by atoms with Gasteiger partial charge in [0, 0.05) is 28.9 Å². The topological polar surface area (TPSA) is 55.5 Å². The SMILES string of the molecule is COc1cccc(SCC(C)CO)c1C(C)N. The highest BCUT2D eigenvalue weighted by atomic mass is 32.2. The first-order chi connectivity index (χ1) is 8.10. The molecule has 2 unspecified atom stereocenters. The van der Waals surface area contributed by atoms with E-state index in [-0.39, 0.29) is 18.6 Å². The van der Waals surface area contributed by atoms with Crippen LogP contribution in [0.4, 0.5) is 0 Å². The second-order valence-electron chi connectivity index (χ2n) is 4.26. The van der Waals surface area contributed by atoms with Crippen molar-refractivity contribution < 1.29 is 9.84 Å². The Balaban J connectivity index is 2.90. The molecule has 0 saturated heterocycles. The minimum absolute atomic E-state index is 0.0573. The van der Waals surface area contributed by atoms with E-state index in [9.17, 15) is 0 Å². The Kier molecular flexibility index (Phi) is 5.82. The van der Waals surface area contributed by atoms with E-state index in [0.29, 0.717) is 0 Å². The van der Waals surface area contributed by atoms with Gasteiger partial charge in [-0.3, -0.25) is 0 Å². The van der Waals surface area contributed by atoms with Gasteiger partial charge in [-0.1, -0.05) is 13.0 Å². The van der Waals surface area contributed by atoms with Crippen LogP contribution in [0.5, 0.6) is 5.75 Å². The summed E-state index contributed by atoms with van der Waals surface area (Å²) in [6.07, 6.45) is 0. The Hall–Kier alpha value is -0.710. The molecule has 0 radical (unpaired) electrons. The lowest BCUT2D eigenvalue weighted by molar-refractivity contribution is 0.250. The van der Waals surface area contributed by atoms with E-state index < -0.39 is 0 Å². The molecule has 17 heavy (non-hydrogen) atoms. The van der Waals surface area contributed by atoms with Crippen LogP contribution in [0.2, 0.25) is 0 Å². The van der Waals surface area contributed by atoms with Gasteiger partial charge in [-0.15, -0.1) is 11.8 Å². The van der Waals surface area contributed by atoms with Crippen molar-refractivity contribution in [1.82, 2.24) is 0 Å². The molecule has 0 aliphatic heterocycles. The van der Waals surface area contributed by atoms with Crippen molar-refractivity contribution in [2.24, 2.45) is 11.7 Å². The molecule has 4 heteroatoms. The van der Waals surface area contributed by atoms with Gasteiger partial charge in [0.1, 0.15) is 5.75 Å². The minimum atomic E-state index is -0.0573. The molecule has 0 spiro atoms. The second-order valence-corrected chi connectivity index (χ2v) is 5.32. The first-order valence-electron chi connectivity index (χ1n) is 5.76. The average molecular weight is 255 g/mol. The summed E-state index contributed by atoms with van der Waals surface area (Å²) in [5.41, 5.74) is 7.03. The molecular formula is C13H21NO2S. The third kappa shape index (κ3) is 3.91. The summed E-state index contributed by atoms with van der Waals surface area (Å²) in [4.78, 5) is 1.14. The predicted octanol–water partition coefficient (Wildman–Crippen LogP) is 2.44. The lowest BCUT2D eigenvalue weighted by atomic mass is 10.1. The lowest BCUT2D eigenvalue weighted by Gasteiger charge is -2.17. The monoisotopic (exact) mass is 255 g/mol. The van der Waals surface area contributed by atoms with Crippen LogP contribution >= 0.6 is 11.8 Å². The number of methoxy groups -OCH3 is 1. The van der Waals surface area contributed by atoms with E-state index in [4.69, 9.17) is 15.6 Å². The minimum Gasteiger partial charge on any atom is -0.496 e. The van der Waals surface area contributed by atoms with E-state index in [1.54, 1.807) is 18.9 Å². The van der Waals surface area contributed by atoms with E-state index >= 15 is 0 Å². The Morgan fingerprint density at radius 1 is 1.41 bits per heavy atom. The van der Waals surface area contributed by atoms with Crippen LogP contribution in [0.25, 0.3) is 0 Å². The molecule has 3 nitrogen and oxygen atoms in total. The number of hydrogen-bond acceptors (Lipinski definition) is 4. The van der Waals surface area contributed by atoms with Crippen molar-refractivity contribution in [2.45, 2.75) is 24.8 Å². The third-order valence-corrected chi connectivity index (χ3v) is 3.94. The molecule has 1 rings (SSSR count). The highest BCUT2D eigenvalue weighted by Gasteiger charge is 2.14. The molecular weight excluding hydrogens is 234 g/mol. The number of thioether (sulfide) groups is 1. The number of aliphatic hydroxyl groups excluding tert-OH is 1. The number of ether oxygens (including phenoxy) is 1. The molecule has 1 aromatic carbocycles. The van der Waals surface area contributed by atoms with E-state index in [1.165, 1.54) is 0 Å². The van der Waals surface area contributed by atoms with E-state index in [2.05, 4.69) is 6.07 Å². The highest BCUT2D eigenvalue weighted by Crippen LogP contribution is 2.34. The summed E-state index contributed by atoms with van der Waals surface area (Å²) in [6, 6.07) is 5.89. The highest BCUT2D eigenvalue weighted by molar-refractivity contribution is 7.99. The molecule has 96 valence electrons. The number of benzene rings is 1. The Morgan fingerprint density at radius 2 is 2.12 bits per heavy atom. The van der Waals surface area contributed by atoms with Crippen LogP contribution < -0.4 is 10.5 Å². The molecule has 0 aromatic heterocycles. The van der Waals surface area contributed by atoms with Gasteiger partial charge < -0.3 is 15.6 Å². The maximum atomic E-state index is 9.03. The molecule has 0 bridgehead atoms. The largest absolute Gasteiger partial charge is 0.496 e. The first-order valence-corrected chi connectivity index (χ1v) is 6.74. The van der Waals surface area contributed by atoms with Gasteiger partial charge >= 0.3 is 0 Å². The van der Waals surface area contributed by atoms with Crippen molar-refractivity contribution in [2.75, 3.05) is 19.5 Å².